The van der Waals surface area contributed by atoms with Crippen molar-refractivity contribution in [2.24, 2.45) is 5.92 Å². The zero-order valence-corrected chi connectivity index (χ0v) is 18.9. The van der Waals surface area contributed by atoms with Crippen LogP contribution in [0.2, 0.25) is 0 Å². The van der Waals surface area contributed by atoms with Gasteiger partial charge >= 0.3 is 0 Å². The molecule has 31 heavy (non-hydrogen) atoms. The van der Waals surface area contributed by atoms with Crippen LogP contribution < -0.4 is 10.9 Å². The topological polar surface area (TPSA) is 66.7 Å². The summed E-state index contributed by atoms with van der Waals surface area (Å²) in [6.45, 7) is 5.21. The summed E-state index contributed by atoms with van der Waals surface area (Å²) in [4.78, 5) is 32.9. The predicted octanol–water partition coefficient (Wildman–Crippen LogP) is 4.16. The van der Waals surface area contributed by atoms with Crippen molar-refractivity contribution in [1.82, 2.24) is 14.3 Å². The number of carbonyl (C=O) groups is 1. The Hall–Kier alpha value is -2.97. The Morgan fingerprint density at radius 1 is 1.13 bits per heavy atom. The lowest BCUT2D eigenvalue weighted by molar-refractivity contribution is -0.122. The van der Waals surface area contributed by atoms with E-state index >= 15 is 0 Å². The quantitative estimate of drug-likeness (QED) is 0.449. The molecule has 1 fully saturated rings. The lowest BCUT2D eigenvalue weighted by Crippen LogP contribution is -2.27. The van der Waals surface area contributed by atoms with Crippen LogP contribution in [0.15, 0.2) is 64.4 Å². The van der Waals surface area contributed by atoms with Crippen LogP contribution in [0.5, 0.6) is 0 Å². The molecule has 0 radical (unpaired) electrons. The van der Waals surface area contributed by atoms with E-state index in [1.54, 1.807) is 29.3 Å². The van der Waals surface area contributed by atoms with Crippen LogP contribution in [-0.2, 0) is 11.3 Å². The first-order valence-electron chi connectivity index (χ1n) is 9.98. The standard InChI is InChI=1S/C23H22N4O2S2/c1-15(2)13-24-20-17(21(28)26-11-7-6-10-19(26)25-20)12-18-22(29)27(23(30)31-18)14-16-8-4-3-5-9-16/h3-12,15,24H,13-14H2,1-2H3/b18-12+. The van der Waals surface area contributed by atoms with Crippen LogP contribution in [0.4, 0.5) is 5.82 Å². The van der Waals surface area contributed by atoms with Crippen LogP contribution >= 0.6 is 24.0 Å². The van der Waals surface area contributed by atoms with E-state index in [-0.39, 0.29) is 11.5 Å². The minimum absolute atomic E-state index is 0.203. The van der Waals surface area contributed by atoms with E-state index in [0.717, 1.165) is 5.56 Å². The zero-order valence-electron chi connectivity index (χ0n) is 17.2. The zero-order chi connectivity index (χ0) is 22.0. The Labute approximate surface area is 190 Å². The number of benzene rings is 1. The lowest BCUT2D eigenvalue weighted by atomic mass is 10.2. The normalized spacial score (nSPS) is 15.5. The largest absolute Gasteiger partial charge is 0.369 e. The van der Waals surface area contributed by atoms with Gasteiger partial charge in [-0.05, 0) is 29.7 Å². The van der Waals surface area contributed by atoms with Gasteiger partial charge in [-0.25, -0.2) is 4.98 Å². The molecule has 3 heterocycles. The molecule has 0 spiro atoms. The number of aromatic nitrogens is 2. The third-order valence-electron chi connectivity index (χ3n) is 4.78. The second-order valence-electron chi connectivity index (χ2n) is 7.64. The average Bonchev–Trinajstić information content (AvgIpc) is 3.02. The lowest BCUT2D eigenvalue weighted by Gasteiger charge is -2.14. The molecule has 1 aromatic carbocycles. The van der Waals surface area contributed by atoms with Gasteiger partial charge in [0.05, 0.1) is 17.0 Å². The molecule has 1 amide bonds. The molecule has 0 aliphatic carbocycles. The van der Waals surface area contributed by atoms with E-state index in [9.17, 15) is 9.59 Å². The van der Waals surface area contributed by atoms with Crippen molar-refractivity contribution in [3.8, 4) is 0 Å². The predicted molar refractivity (Wildman–Crippen MR) is 130 cm³/mol. The van der Waals surface area contributed by atoms with Crippen LogP contribution in [0.1, 0.15) is 25.0 Å². The monoisotopic (exact) mass is 450 g/mol. The van der Waals surface area contributed by atoms with Crippen LogP contribution in [0, 0.1) is 5.92 Å². The molecule has 1 aliphatic rings. The summed E-state index contributed by atoms with van der Waals surface area (Å²) in [5.41, 5.74) is 1.66. The fourth-order valence-electron chi connectivity index (χ4n) is 3.20. The fraction of sp³-hybridized carbons (Fsp3) is 0.217. The molecule has 1 N–H and O–H groups in total. The van der Waals surface area contributed by atoms with Gasteiger partial charge in [-0.1, -0.05) is 74.2 Å². The molecule has 0 bridgehead atoms. The minimum atomic E-state index is -0.231. The number of thiocarbonyl (C=S) groups is 1. The third-order valence-corrected chi connectivity index (χ3v) is 6.16. The van der Waals surface area contributed by atoms with E-state index in [1.165, 1.54) is 16.2 Å². The second-order valence-corrected chi connectivity index (χ2v) is 9.31. The first-order chi connectivity index (χ1) is 14.9. The maximum Gasteiger partial charge on any atom is 0.267 e. The van der Waals surface area contributed by atoms with Crippen molar-refractivity contribution in [3.63, 3.8) is 0 Å². The number of hydrogen-bond acceptors (Lipinski definition) is 6. The first kappa shape index (κ1) is 21.3. The number of rotatable bonds is 6. The molecule has 1 aliphatic heterocycles. The van der Waals surface area contributed by atoms with Crippen molar-refractivity contribution in [2.75, 3.05) is 11.9 Å². The minimum Gasteiger partial charge on any atom is -0.369 e. The highest BCUT2D eigenvalue weighted by molar-refractivity contribution is 8.26. The number of carbonyl (C=O) groups excluding carboxylic acids is 1. The van der Waals surface area contributed by atoms with Gasteiger partial charge in [0.1, 0.15) is 15.8 Å². The van der Waals surface area contributed by atoms with E-state index in [4.69, 9.17) is 12.2 Å². The van der Waals surface area contributed by atoms with Crippen LogP contribution in [0.3, 0.4) is 0 Å². The highest BCUT2D eigenvalue weighted by Crippen LogP contribution is 2.34. The molecule has 158 valence electrons. The first-order valence-corrected chi connectivity index (χ1v) is 11.2. The Morgan fingerprint density at radius 3 is 2.61 bits per heavy atom. The van der Waals surface area contributed by atoms with E-state index in [2.05, 4.69) is 24.1 Å². The van der Waals surface area contributed by atoms with Crippen molar-refractivity contribution in [2.45, 2.75) is 20.4 Å². The van der Waals surface area contributed by atoms with Gasteiger partial charge in [-0.2, -0.15) is 0 Å². The number of nitrogens with zero attached hydrogens (tertiary/aromatic N) is 3. The SMILES string of the molecule is CC(C)CNc1nc2ccccn2c(=O)c1/C=C1/SC(=S)N(Cc2ccccc2)C1=O. The fourth-order valence-corrected chi connectivity index (χ4v) is 4.44. The summed E-state index contributed by atoms with van der Waals surface area (Å²) in [5, 5.41) is 3.26. The number of fused-ring (bicyclic) bond motifs is 1. The molecule has 3 aromatic rings. The molecule has 0 saturated carbocycles. The highest BCUT2D eigenvalue weighted by Gasteiger charge is 2.32. The van der Waals surface area contributed by atoms with Gasteiger partial charge in [-0.3, -0.25) is 18.9 Å². The summed E-state index contributed by atoms with van der Waals surface area (Å²) < 4.78 is 1.96. The molecule has 2 aromatic heterocycles. The summed E-state index contributed by atoms with van der Waals surface area (Å²) in [6, 6.07) is 15.1. The van der Waals surface area contributed by atoms with Gasteiger partial charge in [-0.15, -0.1) is 0 Å². The van der Waals surface area contributed by atoms with E-state index in [0.29, 0.717) is 45.3 Å². The second kappa shape index (κ2) is 9.03. The number of hydrogen-bond donors (Lipinski definition) is 1. The molecule has 6 nitrogen and oxygen atoms in total. The number of nitrogens with one attached hydrogen (secondary N) is 1. The van der Waals surface area contributed by atoms with Gasteiger partial charge in [0.2, 0.25) is 0 Å². The highest BCUT2D eigenvalue weighted by atomic mass is 32.2. The Kier molecular flexibility index (Phi) is 6.20. The summed E-state index contributed by atoms with van der Waals surface area (Å²) in [7, 11) is 0. The van der Waals surface area contributed by atoms with Crippen LogP contribution in [0.25, 0.3) is 11.7 Å². The number of pyridine rings is 1. The molecule has 1 saturated heterocycles. The maximum atomic E-state index is 13.2. The molecular formula is C23H22N4O2S2. The third kappa shape index (κ3) is 4.55. The van der Waals surface area contributed by atoms with Gasteiger partial charge in [0.25, 0.3) is 11.5 Å². The van der Waals surface area contributed by atoms with E-state index in [1.807, 2.05) is 36.4 Å². The van der Waals surface area contributed by atoms with Gasteiger partial charge in [0.15, 0.2) is 0 Å². The molecule has 8 heteroatoms. The Morgan fingerprint density at radius 2 is 1.87 bits per heavy atom. The molecule has 4 rings (SSSR count). The molecule has 0 unspecified atom stereocenters. The maximum absolute atomic E-state index is 13.2. The summed E-state index contributed by atoms with van der Waals surface area (Å²) in [6.07, 6.45) is 3.29. The smallest absolute Gasteiger partial charge is 0.267 e. The molecule has 0 atom stereocenters. The van der Waals surface area contributed by atoms with Crippen molar-refractivity contribution in [1.29, 1.82) is 0 Å². The van der Waals surface area contributed by atoms with Gasteiger partial charge in [0, 0.05) is 12.7 Å². The summed E-state index contributed by atoms with van der Waals surface area (Å²) in [5.74, 6) is 0.636. The van der Waals surface area contributed by atoms with Crippen LogP contribution in [-0.4, -0.2) is 31.1 Å². The summed E-state index contributed by atoms with van der Waals surface area (Å²) >= 11 is 6.66. The number of amides is 1. The Bertz CT molecular complexity index is 1240. The van der Waals surface area contributed by atoms with E-state index < -0.39 is 0 Å². The Balaban J connectivity index is 1.73. The number of anilines is 1. The van der Waals surface area contributed by atoms with Crippen molar-refractivity contribution >= 4 is 51.7 Å². The van der Waals surface area contributed by atoms with Crippen molar-refractivity contribution < 1.29 is 4.79 Å². The number of thioether (sulfide) groups is 1. The van der Waals surface area contributed by atoms with Gasteiger partial charge < -0.3 is 5.32 Å². The van der Waals surface area contributed by atoms with Crippen molar-refractivity contribution in [3.05, 3.63) is 81.1 Å². The molecular weight excluding hydrogens is 428 g/mol. The average molecular weight is 451 g/mol.